The van der Waals surface area contributed by atoms with Gasteiger partial charge in [0.25, 0.3) is 0 Å². The van der Waals surface area contributed by atoms with Crippen molar-refractivity contribution in [2.24, 2.45) is 5.10 Å². The molecule has 196 valence electrons. The Morgan fingerprint density at radius 1 is 1.05 bits per heavy atom. The minimum Gasteiger partial charge on any atom is -0.478 e. The van der Waals surface area contributed by atoms with Crippen LogP contribution < -0.4 is 5.32 Å². The number of carboxylic acids is 1. The molecule has 1 amide bonds. The zero-order chi connectivity index (χ0) is 27.3. The zero-order valence-electron chi connectivity index (χ0n) is 21.4. The third-order valence-electron chi connectivity index (χ3n) is 6.10. The topological polar surface area (TPSA) is 127 Å². The molecule has 0 saturated heterocycles. The summed E-state index contributed by atoms with van der Waals surface area (Å²) in [5.41, 5.74) is 0.766. The van der Waals surface area contributed by atoms with Gasteiger partial charge in [0.2, 0.25) is 0 Å². The van der Waals surface area contributed by atoms with E-state index in [2.05, 4.69) is 15.4 Å². The van der Waals surface area contributed by atoms with Crippen molar-refractivity contribution in [2.45, 2.75) is 26.9 Å². The fraction of sp³-hybridized carbons (Fsp3) is 0.250. The van der Waals surface area contributed by atoms with Crippen LogP contribution in [0.4, 0.5) is 10.5 Å². The minimum absolute atomic E-state index is 0.0231. The Balaban J connectivity index is 1.82. The average Bonchev–Trinajstić information content (AvgIpc) is 2.90. The van der Waals surface area contributed by atoms with Gasteiger partial charge in [-0.1, -0.05) is 59.7 Å². The van der Waals surface area contributed by atoms with Gasteiger partial charge in [-0.3, -0.25) is 4.98 Å². The summed E-state index contributed by atoms with van der Waals surface area (Å²) in [4.78, 5) is 42.9. The van der Waals surface area contributed by atoms with Gasteiger partial charge in [-0.15, -0.1) is 4.59 Å². The molecule has 2 heterocycles. The number of likely N-dealkylation sites (N-methyl/N-ethyl adjacent to an activating group) is 1. The SMILES string of the molecule is CC[N+]1(CCOC(=O)OC(C)C)N=C(c2ccccc2)C(C(=O)O)=C(Nc2cncc3ccccc23)C1=O. The van der Waals surface area contributed by atoms with E-state index in [0.29, 0.717) is 11.3 Å². The summed E-state index contributed by atoms with van der Waals surface area (Å²) in [7, 11) is 0. The molecule has 1 aromatic heterocycles. The van der Waals surface area contributed by atoms with Gasteiger partial charge in [-0.2, -0.15) is 0 Å². The highest BCUT2D eigenvalue weighted by molar-refractivity contribution is 6.30. The number of carbonyl (C=O) groups excluding carboxylic acids is 2. The molecule has 4 rings (SSSR count). The van der Waals surface area contributed by atoms with Crippen LogP contribution >= 0.6 is 0 Å². The Kier molecular flexibility index (Phi) is 7.82. The molecule has 0 radical (unpaired) electrons. The molecular formula is C28H29N4O6+. The highest BCUT2D eigenvalue weighted by Crippen LogP contribution is 2.31. The molecule has 10 heteroatoms. The van der Waals surface area contributed by atoms with E-state index in [4.69, 9.17) is 9.47 Å². The maximum Gasteiger partial charge on any atom is 0.508 e. The van der Waals surface area contributed by atoms with Crippen LogP contribution in [0.1, 0.15) is 26.3 Å². The Bertz CT molecular complexity index is 1430. The highest BCUT2D eigenvalue weighted by atomic mass is 16.7. The Labute approximate surface area is 219 Å². The lowest BCUT2D eigenvalue weighted by Crippen LogP contribution is -2.55. The van der Waals surface area contributed by atoms with E-state index in [1.165, 1.54) is 0 Å². The summed E-state index contributed by atoms with van der Waals surface area (Å²) in [6.07, 6.45) is 2.02. The molecule has 2 N–H and O–H groups in total. The van der Waals surface area contributed by atoms with E-state index in [-0.39, 0.29) is 42.8 Å². The Morgan fingerprint density at radius 2 is 1.76 bits per heavy atom. The second-order valence-corrected chi connectivity index (χ2v) is 8.94. The lowest BCUT2D eigenvalue weighted by atomic mass is 9.97. The van der Waals surface area contributed by atoms with Crippen molar-refractivity contribution >= 4 is 40.2 Å². The maximum absolute atomic E-state index is 14.1. The van der Waals surface area contributed by atoms with Crippen LogP contribution in [0.15, 0.2) is 83.4 Å². The number of quaternary nitrogens is 1. The number of hydrogen-bond acceptors (Lipinski definition) is 8. The third kappa shape index (κ3) is 5.40. The summed E-state index contributed by atoms with van der Waals surface area (Å²) in [5, 5.41) is 19.6. The van der Waals surface area contributed by atoms with E-state index < -0.39 is 22.6 Å². The number of rotatable bonds is 9. The van der Waals surface area contributed by atoms with Crippen molar-refractivity contribution < 1.29 is 33.6 Å². The summed E-state index contributed by atoms with van der Waals surface area (Å²) in [6.45, 7) is 5.16. The summed E-state index contributed by atoms with van der Waals surface area (Å²) in [6, 6.07) is 16.2. The summed E-state index contributed by atoms with van der Waals surface area (Å²) in [5.74, 6) is -1.87. The molecule has 1 unspecified atom stereocenters. The van der Waals surface area contributed by atoms with Crippen molar-refractivity contribution in [1.82, 2.24) is 4.98 Å². The Morgan fingerprint density at radius 3 is 2.45 bits per heavy atom. The molecule has 1 atom stereocenters. The van der Waals surface area contributed by atoms with Gasteiger partial charge in [-0.05, 0) is 20.8 Å². The standard InChI is InChI=1S/C28H28N4O6/c1-4-32(14-15-37-28(36)38-18(2)3)26(33)25(30-22-17-29-16-20-12-8-9-13-21(20)22)23(27(34)35)24(31-32)19-10-6-5-7-11-19/h5-13,16-18H,4,14-15H2,1-3H3,(H-,30,31,34,35)/p+1. The molecule has 0 saturated carbocycles. The highest BCUT2D eigenvalue weighted by Gasteiger charge is 2.47. The summed E-state index contributed by atoms with van der Waals surface area (Å²) < 4.78 is 9.70. The van der Waals surface area contributed by atoms with Crippen LogP contribution in [-0.4, -0.2) is 64.2 Å². The molecule has 0 fully saturated rings. The second kappa shape index (κ2) is 11.2. The largest absolute Gasteiger partial charge is 0.508 e. The van der Waals surface area contributed by atoms with E-state index in [1.54, 1.807) is 63.5 Å². The Hall–Kier alpha value is -4.57. The number of aliphatic carboxylic acids is 1. The molecular weight excluding hydrogens is 488 g/mol. The number of pyridine rings is 1. The predicted molar refractivity (Wildman–Crippen MR) is 141 cm³/mol. The number of nitrogens with one attached hydrogen (secondary N) is 1. The minimum atomic E-state index is -1.30. The molecule has 2 aromatic carbocycles. The smallest absolute Gasteiger partial charge is 0.478 e. The van der Waals surface area contributed by atoms with Crippen LogP contribution in [-0.2, 0) is 19.1 Å². The number of carboxylic acid groups (broad SMARTS) is 1. The first-order valence-electron chi connectivity index (χ1n) is 12.2. The van der Waals surface area contributed by atoms with Crippen molar-refractivity contribution in [3.63, 3.8) is 0 Å². The number of amides is 1. The maximum atomic E-state index is 14.1. The van der Waals surface area contributed by atoms with Gasteiger partial charge in [0.1, 0.15) is 31.0 Å². The quantitative estimate of drug-likeness (QED) is 0.317. The number of hydrogen-bond donors (Lipinski definition) is 2. The molecule has 3 aromatic rings. The molecule has 38 heavy (non-hydrogen) atoms. The molecule has 1 aliphatic rings. The zero-order valence-corrected chi connectivity index (χ0v) is 21.4. The van der Waals surface area contributed by atoms with Gasteiger partial charge in [-0.25, -0.2) is 14.4 Å². The fourth-order valence-electron chi connectivity index (χ4n) is 4.22. The first-order valence-corrected chi connectivity index (χ1v) is 12.2. The predicted octanol–water partition coefficient (Wildman–Crippen LogP) is 4.33. The van der Waals surface area contributed by atoms with Gasteiger partial charge < -0.3 is 19.9 Å². The van der Waals surface area contributed by atoms with Crippen LogP contribution in [0.5, 0.6) is 0 Å². The fourth-order valence-corrected chi connectivity index (χ4v) is 4.22. The monoisotopic (exact) mass is 517 g/mol. The van der Waals surface area contributed by atoms with E-state index in [1.807, 2.05) is 24.3 Å². The van der Waals surface area contributed by atoms with Gasteiger partial charge in [0.05, 0.1) is 18.0 Å². The van der Waals surface area contributed by atoms with Gasteiger partial charge in [0.15, 0.2) is 5.70 Å². The van der Waals surface area contributed by atoms with Crippen molar-refractivity contribution in [1.29, 1.82) is 0 Å². The average molecular weight is 518 g/mol. The van der Waals surface area contributed by atoms with E-state index >= 15 is 0 Å². The van der Waals surface area contributed by atoms with E-state index in [0.717, 1.165) is 10.8 Å². The molecule has 1 aliphatic heterocycles. The van der Waals surface area contributed by atoms with Crippen LogP contribution in [0, 0.1) is 0 Å². The van der Waals surface area contributed by atoms with Crippen molar-refractivity contribution in [2.75, 3.05) is 25.0 Å². The first kappa shape index (κ1) is 26.5. The number of ether oxygens (including phenoxy) is 2. The number of benzene rings is 2. The van der Waals surface area contributed by atoms with Crippen LogP contribution in [0.2, 0.25) is 0 Å². The molecule has 0 bridgehead atoms. The number of carbonyl (C=O) groups is 3. The normalized spacial score (nSPS) is 17.4. The third-order valence-corrected chi connectivity index (χ3v) is 6.10. The number of fused-ring (bicyclic) bond motifs is 1. The number of aromatic nitrogens is 1. The molecule has 10 nitrogen and oxygen atoms in total. The van der Waals surface area contributed by atoms with Crippen molar-refractivity contribution in [3.8, 4) is 0 Å². The van der Waals surface area contributed by atoms with Gasteiger partial charge >= 0.3 is 18.0 Å². The first-order chi connectivity index (χ1) is 18.3. The van der Waals surface area contributed by atoms with E-state index in [9.17, 15) is 19.5 Å². The lowest BCUT2D eigenvalue weighted by Gasteiger charge is -2.33. The summed E-state index contributed by atoms with van der Waals surface area (Å²) >= 11 is 0. The second-order valence-electron chi connectivity index (χ2n) is 8.94. The molecule has 0 aliphatic carbocycles. The van der Waals surface area contributed by atoms with Gasteiger partial charge in [0, 0.05) is 22.5 Å². The lowest BCUT2D eigenvalue weighted by molar-refractivity contribution is -0.858. The van der Waals surface area contributed by atoms with Crippen LogP contribution in [0.3, 0.4) is 0 Å². The number of nitrogens with zero attached hydrogens (tertiary/aromatic N) is 3. The van der Waals surface area contributed by atoms with Crippen molar-refractivity contribution in [3.05, 3.63) is 83.8 Å². The van der Waals surface area contributed by atoms with Crippen LogP contribution in [0.25, 0.3) is 10.8 Å². The molecule has 0 spiro atoms. The number of anilines is 1.